The largest absolute Gasteiger partial charge is 0.471 e. The molecule has 2 amide bonds. The molecule has 2 rings (SSSR count). The number of hydrogen-bond acceptors (Lipinski definition) is 3. The van der Waals surface area contributed by atoms with Gasteiger partial charge < -0.3 is 15.0 Å². The minimum Gasteiger partial charge on any atom is -0.471 e. The molecule has 20 heavy (non-hydrogen) atoms. The first-order chi connectivity index (χ1) is 9.40. The van der Waals surface area contributed by atoms with Gasteiger partial charge in [0.2, 0.25) is 5.88 Å². The summed E-state index contributed by atoms with van der Waals surface area (Å²) in [5.41, 5.74) is -0.817. The van der Waals surface area contributed by atoms with E-state index in [1.807, 2.05) is 6.92 Å². The lowest BCUT2D eigenvalue weighted by atomic mass is 10.2. The molecule has 0 spiro atoms. The predicted molar refractivity (Wildman–Crippen MR) is 64.3 cm³/mol. The van der Waals surface area contributed by atoms with E-state index in [-0.39, 0.29) is 18.0 Å². The summed E-state index contributed by atoms with van der Waals surface area (Å²) in [4.78, 5) is 16.6. The van der Waals surface area contributed by atoms with E-state index >= 15 is 0 Å². The Labute approximate surface area is 113 Å². The van der Waals surface area contributed by atoms with Crippen molar-refractivity contribution in [3.05, 3.63) is 23.9 Å². The predicted octanol–water partition coefficient (Wildman–Crippen LogP) is 1.89. The van der Waals surface area contributed by atoms with Crippen LogP contribution in [0.1, 0.15) is 12.5 Å². The van der Waals surface area contributed by atoms with Crippen molar-refractivity contribution in [2.24, 2.45) is 0 Å². The zero-order valence-electron chi connectivity index (χ0n) is 10.8. The second-order valence-corrected chi connectivity index (χ2v) is 4.36. The van der Waals surface area contributed by atoms with E-state index in [2.05, 4.69) is 10.3 Å². The average molecular weight is 289 g/mol. The quantitative estimate of drug-likeness (QED) is 0.924. The number of carbonyl (C=O) groups is 1. The molecule has 8 heteroatoms. The summed E-state index contributed by atoms with van der Waals surface area (Å²) in [5, 5.41) is 2.65. The van der Waals surface area contributed by atoms with Crippen LogP contribution in [0.15, 0.2) is 18.3 Å². The molecule has 0 bridgehead atoms. The second-order valence-electron chi connectivity index (χ2n) is 4.36. The Morgan fingerprint density at radius 3 is 2.70 bits per heavy atom. The molecule has 1 aliphatic rings. The molecule has 2 heterocycles. The number of amides is 2. The molecular weight excluding hydrogens is 275 g/mol. The van der Waals surface area contributed by atoms with Crippen LogP contribution >= 0.6 is 0 Å². The molecule has 0 saturated carbocycles. The lowest BCUT2D eigenvalue weighted by Gasteiger charge is -2.38. The minimum absolute atomic E-state index is 0.124. The van der Waals surface area contributed by atoms with Gasteiger partial charge in [0.15, 0.2) is 0 Å². The molecule has 1 N–H and O–H groups in total. The number of nitrogens with zero attached hydrogens (tertiary/aromatic N) is 2. The number of rotatable bonds is 3. The molecule has 110 valence electrons. The van der Waals surface area contributed by atoms with Crippen molar-refractivity contribution in [1.29, 1.82) is 0 Å². The molecule has 1 aliphatic heterocycles. The third-order valence-electron chi connectivity index (χ3n) is 2.81. The topological polar surface area (TPSA) is 54.5 Å². The van der Waals surface area contributed by atoms with Gasteiger partial charge >= 0.3 is 12.2 Å². The van der Waals surface area contributed by atoms with E-state index in [4.69, 9.17) is 4.74 Å². The zero-order valence-corrected chi connectivity index (χ0v) is 10.8. The summed E-state index contributed by atoms with van der Waals surface area (Å²) < 4.78 is 42.4. The number of ether oxygens (including phenoxy) is 1. The molecule has 1 fully saturated rings. The number of halogens is 3. The Kier molecular flexibility index (Phi) is 4.01. The Bertz CT molecular complexity index is 470. The van der Waals surface area contributed by atoms with Gasteiger partial charge in [-0.3, -0.25) is 0 Å². The number of likely N-dealkylation sites (tertiary alicyclic amines) is 1. The van der Waals surface area contributed by atoms with Gasteiger partial charge in [-0.1, -0.05) is 0 Å². The van der Waals surface area contributed by atoms with Gasteiger partial charge in [0.05, 0.1) is 18.7 Å². The standard InChI is InChI=1S/C12H14F3N3O2/c1-2-16-11(19)18-6-9(7-18)20-10-4-3-8(5-17-10)12(13,14)15/h3-5,9H,2,6-7H2,1H3,(H,16,19). The van der Waals surface area contributed by atoms with Gasteiger partial charge in [-0.2, -0.15) is 13.2 Å². The monoisotopic (exact) mass is 289 g/mol. The van der Waals surface area contributed by atoms with Gasteiger partial charge in [-0.15, -0.1) is 0 Å². The van der Waals surface area contributed by atoms with Gasteiger partial charge in [0.1, 0.15) is 6.10 Å². The van der Waals surface area contributed by atoms with E-state index < -0.39 is 11.7 Å². The van der Waals surface area contributed by atoms with Crippen molar-refractivity contribution in [3.8, 4) is 5.88 Å². The van der Waals surface area contributed by atoms with Crippen LogP contribution in [0.4, 0.5) is 18.0 Å². The minimum atomic E-state index is -4.41. The Morgan fingerprint density at radius 2 is 2.20 bits per heavy atom. The fourth-order valence-electron chi connectivity index (χ4n) is 1.73. The Morgan fingerprint density at radius 1 is 1.50 bits per heavy atom. The number of urea groups is 1. The molecule has 0 unspecified atom stereocenters. The van der Waals surface area contributed by atoms with Crippen LogP contribution in [0, 0.1) is 0 Å². The van der Waals surface area contributed by atoms with Crippen molar-refractivity contribution < 1.29 is 22.7 Å². The molecule has 1 aromatic rings. The van der Waals surface area contributed by atoms with E-state index in [0.717, 1.165) is 12.3 Å². The third-order valence-corrected chi connectivity index (χ3v) is 2.81. The van der Waals surface area contributed by atoms with Crippen LogP contribution in [0.25, 0.3) is 0 Å². The van der Waals surface area contributed by atoms with Crippen molar-refractivity contribution in [2.45, 2.75) is 19.2 Å². The normalized spacial score (nSPS) is 15.7. The van der Waals surface area contributed by atoms with Crippen molar-refractivity contribution in [1.82, 2.24) is 15.2 Å². The van der Waals surface area contributed by atoms with Crippen molar-refractivity contribution in [2.75, 3.05) is 19.6 Å². The SMILES string of the molecule is CCNC(=O)N1CC(Oc2ccc(C(F)(F)F)cn2)C1. The van der Waals surface area contributed by atoms with E-state index in [0.29, 0.717) is 19.6 Å². The first-order valence-electron chi connectivity index (χ1n) is 6.13. The highest BCUT2D eigenvalue weighted by Crippen LogP contribution is 2.29. The molecule has 1 aromatic heterocycles. The number of nitrogens with one attached hydrogen (secondary N) is 1. The summed E-state index contributed by atoms with van der Waals surface area (Å²) >= 11 is 0. The third kappa shape index (κ3) is 3.31. The summed E-state index contributed by atoms with van der Waals surface area (Å²) in [6.45, 7) is 3.15. The second kappa shape index (κ2) is 5.56. The van der Waals surface area contributed by atoms with Crippen LogP contribution in [0.5, 0.6) is 5.88 Å². The number of carbonyl (C=O) groups excluding carboxylic acids is 1. The lowest BCUT2D eigenvalue weighted by Crippen LogP contribution is -2.58. The molecule has 0 radical (unpaired) electrons. The molecule has 0 atom stereocenters. The highest BCUT2D eigenvalue weighted by Gasteiger charge is 2.33. The van der Waals surface area contributed by atoms with Crippen LogP contribution in [-0.2, 0) is 6.18 Å². The maximum absolute atomic E-state index is 12.3. The maximum atomic E-state index is 12.3. The van der Waals surface area contributed by atoms with Crippen LogP contribution in [-0.4, -0.2) is 41.7 Å². The van der Waals surface area contributed by atoms with Gasteiger partial charge in [-0.25, -0.2) is 9.78 Å². The van der Waals surface area contributed by atoms with Gasteiger partial charge in [-0.05, 0) is 13.0 Å². The van der Waals surface area contributed by atoms with Crippen LogP contribution in [0.3, 0.4) is 0 Å². The average Bonchev–Trinajstić information content (AvgIpc) is 2.33. The van der Waals surface area contributed by atoms with Crippen molar-refractivity contribution in [3.63, 3.8) is 0 Å². The number of hydrogen-bond donors (Lipinski definition) is 1. The number of aromatic nitrogens is 1. The fourth-order valence-corrected chi connectivity index (χ4v) is 1.73. The zero-order chi connectivity index (χ0) is 14.8. The first-order valence-corrected chi connectivity index (χ1v) is 6.13. The summed E-state index contributed by atoms with van der Waals surface area (Å²) in [6, 6.07) is 1.92. The lowest BCUT2D eigenvalue weighted by molar-refractivity contribution is -0.137. The van der Waals surface area contributed by atoms with E-state index in [1.54, 1.807) is 4.90 Å². The van der Waals surface area contributed by atoms with Gasteiger partial charge in [0.25, 0.3) is 0 Å². The molecule has 5 nitrogen and oxygen atoms in total. The highest BCUT2D eigenvalue weighted by molar-refractivity contribution is 5.75. The molecule has 0 aliphatic carbocycles. The molecule has 1 saturated heterocycles. The summed E-state index contributed by atoms with van der Waals surface area (Å²) in [6.07, 6.45) is -3.91. The first kappa shape index (κ1) is 14.4. The van der Waals surface area contributed by atoms with Gasteiger partial charge in [0, 0.05) is 18.8 Å². The smallest absolute Gasteiger partial charge is 0.417 e. The Hall–Kier alpha value is -1.99. The van der Waals surface area contributed by atoms with E-state index in [9.17, 15) is 18.0 Å². The Balaban J connectivity index is 1.83. The molecular formula is C12H14F3N3O2. The summed E-state index contributed by atoms with van der Waals surface area (Å²) in [7, 11) is 0. The fraction of sp³-hybridized carbons (Fsp3) is 0.500. The number of alkyl halides is 3. The number of pyridine rings is 1. The van der Waals surface area contributed by atoms with Crippen LogP contribution < -0.4 is 10.1 Å². The van der Waals surface area contributed by atoms with E-state index in [1.165, 1.54) is 6.07 Å². The maximum Gasteiger partial charge on any atom is 0.417 e. The highest BCUT2D eigenvalue weighted by atomic mass is 19.4. The van der Waals surface area contributed by atoms with Crippen LogP contribution in [0.2, 0.25) is 0 Å². The molecule has 0 aromatic carbocycles. The van der Waals surface area contributed by atoms with Crippen molar-refractivity contribution >= 4 is 6.03 Å². The summed E-state index contributed by atoms with van der Waals surface area (Å²) in [5.74, 6) is 0.124.